The van der Waals surface area contributed by atoms with Crippen LogP contribution in [0.5, 0.6) is 11.5 Å². The van der Waals surface area contributed by atoms with Crippen molar-refractivity contribution in [1.82, 2.24) is 9.62 Å². The van der Waals surface area contributed by atoms with Crippen LogP contribution < -0.4 is 20.5 Å². The van der Waals surface area contributed by atoms with Gasteiger partial charge in [-0.2, -0.15) is 4.31 Å². The lowest BCUT2D eigenvalue weighted by Crippen LogP contribution is -2.47. The molecule has 0 radical (unpaired) electrons. The molecule has 13 heteroatoms. The molecule has 1 spiro atoms. The fourth-order valence-electron chi connectivity index (χ4n) is 6.31. The van der Waals surface area contributed by atoms with Crippen molar-refractivity contribution in [2.75, 3.05) is 40.0 Å². The molecule has 4 N–H and O–H groups in total. The fraction of sp³-hybridized carbons (Fsp3) is 0.471. The molecule has 2 saturated heterocycles. The van der Waals surface area contributed by atoms with Gasteiger partial charge in [-0.3, -0.25) is 0 Å². The van der Waals surface area contributed by atoms with E-state index in [-0.39, 0.29) is 34.2 Å². The maximum Gasteiger partial charge on any atom is 0.243 e. The van der Waals surface area contributed by atoms with Crippen LogP contribution in [0, 0.1) is 0 Å². The highest BCUT2D eigenvalue weighted by molar-refractivity contribution is 7.92. The summed E-state index contributed by atoms with van der Waals surface area (Å²) in [7, 11) is -5.58. The van der Waals surface area contributed by atoms with Gasteiger partial charge in [-0.05, 0) is 79.1 Å². The molecule has 0 aromatic heterocycles. The van der Waals surface area contributed by atoms with Crippen molar-refractivity contribution in [2.24, 2.45) is 5.73 Å². The molecule has 2 atom stereocenters. The minimum atomic E-state index is -3.78. The molecule has 254 valence electrons. The average Bonchev–Trinajstić information content (AvgIpc) is 3.89. The van der Waals surface area contributed by atoms with Crippen LogP contribution in [0.3, 0.4) is 0 Å². The summed E-state index contributed by atoms with van der Waals surface area (Å²) in [6.07, 6.45) is 2.40. The Balaban J connectivity index is 1.00. The Labute approximate surface area is 277 Å². The van der Waals surface area contributed by atoms with Crippen molar-refractivity contribution in [3.63, 3.8) is 0 Å². The molecule has 47 heavy (non-hydrogen) atoms. The summed E-state index contributed by atoms with van der Waals surface area (Å²) in [4.78, 5) is 0.435. The number of ether oxygens (including phenoxy) is 3. The standard InChI is InChI=1S/C34H43N3O8S2/c1-43-30-15-26(25-7-5-24(20-35)6-8-25)16-33(18-30)47(41,42)37-13-11-34(12-14-37)19-27(22-45-34)36-21-28(38)23-44-29-3-2-4-32(17-29)46(39,40)31-9-10-31/h2-8,15-18,27-28,31,36,38H,9-14,19-23,35H2,1H3/t27-,28?/m0/s1. The summed E-state index contributed by atoms with van der Waals surface area (Å²) in [6.45, 7) is 1.84. The molecule has 2 heterocycles. The number of aliphatic hydroxyl groups excluding tert-OH is 1. The summed E-state index contributed by atoms with van der Waals surface area (Å²) in [5.74, 6) is 0.870. The minimum absolute atomic E-state index is 0.00595. The minimum Gasteiger partial charge on any atom is -0.497 e. The van der Waals surface area contributed by atoms with Crippen molar-refractivity contribution >= 4 is 19.9 Å². The number of sulfone groups is 1. The number of piperidine rings is 1. The van der Waals surface area contributed by atoms with Crippen LogP contribution in [-0.2, 0) is 31.1 Å². The predicted molar refractivity (Wildman–Crippen MR) is 178 cm³/mol. The third-order valence-corrected chi connectivity index (χ3v) is 13.4. The van der Waals surface area contributed by atoms with Gasteiger partial charge in [0.25, 0.3) is 0 Å². The first-order valence-corrected chi connectivity index (χ1v) is 19.0. The van der Waals surface area contributed by atoms with Crippen LogP contribution in [0.1, 0.15) is 37.7 Å². The van der Waals surface area contributed by atoms with Gasteiger partial charge in [0.15, 0.2) is 9.84 Å². The average molecular weight is 686 g/mol. The Morgan fingerprint density at radius 3 is 2.38 bits per heavy atom. The number of aliphatic hydroxyl groups is 1. The van der Waals surface area contributed by atoms with E-state index in [1.807, 2.05) is 30.3 Å². The first-order chi connectivity index (χ1) is 22.5. The quantitative estimate of drug-likeness (QED) is 0.244. The van der Waals surface area contributed by atoms with E-state index in [0.717, 1.165) is 16.7 Å². The number of nitrogens with one attached hydrogen (secondary N) is 1. The molecular weight excluding hydrogens is 643 g/mol. The molecule has 3 aromatic rings. The van der Waals surface area contributed by atoms with E-state index in [2.05, 4.69) is 5.32 Å². The lowest BCUT2D eigenvalue weighted by atomic mass is 9.88. The van der Waals surface area contributed by atoms with Gasteiger partial charge >= 0.3 is 0 Å². The molecule has 1 saturated carbocycles. The van der Waals surface area contributed by atoms with Crippen molar-refractivity contribution in [2.45, 2.75) is 71.4 Å². The smallest absolute Gasteiger partial charge is 0.243 e. The summed E-state index contributed by atoms with van der Waals surface area (Å²) in [5.41, 5.74) is 7.91. The third kappa shape index (κ3) is 7.67. The van der Waals surface area contributed by atoms with E-state index in [0.29, 0.717) is 69.8 Å². The van der Waals surface area contributed by atoms with Gasteiger partial charge in [0, 0.05) is 38.3 Å². The Morgan fingerprint density at radius 2 is 1.70 bits per heavy atom. The van der Waals surface area contributed by atoms with Gasteiger partial charge < -0.3 is 30.4 Å². The van der Waals surface area contributed by atoms with Crippen molar-refractivity contribution in [3.8, 4) is 22.6 Å². The van der Waals surface area contributed by atoms with E-state index in [1.165, 1.54) is 17.5 Å². The van der Waals surface area contributed by atoms with E-state index in [9.17, 15) is 21.9 Å². The molecule has 3 fully saturated rings. The molecule has 6 rings (SSSR count). The number of nitrogens with two attached hydrogens (primary N) is 1. The molecule has 11 nitrogen and oxygen atoms in total. The summed E-state index contributed by atoms with van der Waals surface area (Å²) < 4.78 is 71.5. The zero-order chi connectivity index (χ0) is 33.2. The second kappa shape index (κ2) is 13.8. The van der Waals surface area contributed by atoms with E-state index in [4.69, 9.17) is 19.9 Å². The number of sulfonamides is 1. The van der Waals surface area contributed by atoms with E-state index >= 15 is 0 Å². The maximum atomic E-state index is 13.8. The number of rotatable bonds is 13. The van der Waals surface area contributed by atoms with E-state index in [1.54, 1.807) is 30.3 Å². The van der Waals surface area contributed by atoms with Crippen LogP contribution in [0.4, 0.5) is 0 Å². The van der Waals surface area contributed by atoms with Crippen LogP contribution >= 0.6 is 0 Å². The monoisotopic (exact) mass is 685 g/mol. The van der Waals surface area contributed by atoms with Crippen molar-refractivity contribution < 1.29 is 36.2 Å². The van der Waals surface area contributed by atoms with Crippen LogP contribution in [0.2, 0.25) is 0 Å². The Bertz CT molecular complexity index is 1770. The number of hydrogen-bond acceptors (Lipinski definition) is 10. The largest absolute Gasteiger partial charge is 0.497 e. The van der Waals surface area contributed by atoms with Crippen molar-refractivity contribution in [1.29, 1.82) is 0 Å². The second-order valence-electron chi connectivity index (χ2n) is 12.7. The van der Waals surface area contributed by atoms with Crippen molar-refractivity contribution in [3.05, 3.63) is 72.3 Å². The molecular formula is C34H43N3O8S2. The second-order valence-corrected chi connectivity index (χ2v) is 16.9. The highest BCUT2D eigenvalue weighted by atomic mass is 32.2. The number of hydrogen-bond donors (Lipinski definition) is 3. The molecule has 0 amide bonds. The SMILES string of the molecule is COc1cc(-c2ccc(CN)cc2)cc(S(=O)(=O)N2CCC3(CC2)C[C@H](NCC(O)COc2cccc(S(=O)(=O)C4CC4)c2)CO3)c1. The summed E-state index contributed by atoms with van der Waals surface area (Å²) >= 11 is 0. The van der Waals surface area contributed by atoms with Crippen LogP contribution in [0.15, 0.2) is 76.5 Å². The van der Waals surface area contributed by atoms with Gasteiger partial charge in [0.05, 0.1) is 34.4 Å². The number of nitrogens with zero attached hydrogens (tertiary/aromatic N) is 1. The molecule has 3 aromatic carbocycles. The van der Waals surface area contributed by atoms with Gasteiger partial charge in [-0.25, -0.2) is 16.8 Å². The Morgan fingerprint density at radius 1 is 0.979 bits per heavy atom. The summed E-state index contributed by atoms with van der Waals surface area (Å²) in [5, 5.41) is 13.6. The number of benzene rings is 3. The van der Waals surface area contributed by atoms with E-state index < -0.39 is 31.6 Å². The highest BCUT2D eigenvalue weighted by Crippen LogP contribution is 2.39. The topological polar surface area (TPSA) is 157 Å². The highest BCUT2D eigenvalue weighted by Gasteiger charge is 2.45. The number of methoxy groups -OCH3 is 1. The van der Waals surface area contributed by atoms with Gasteiger partial charge in [0.1, 0.15) is 24.2 Å². The maximum absolute atomic E-state index is 13.8. The molecule has 1 unspecified atom stereocenters. The van der Waals surface area contributed by atoms with Crippen LogP contribution in [0.25, 0.3) is 11.1 Å². The molecule has 0 bridgehead atoms. The third-order valence-electron chi connectivity index (χ3n) is 9.30. The molecule has 1 aliphatic carbocycles. The van der Waals surface area contributed by atoms with Gasteiger partial charge in [0.2, 0.25) is 10.0 Å². The predicted octanol–water partition coefficient (Wildman–Crippen LogP) is 3.10. The molecule has 3 aliphatic rings. The lowest BCUT2D eigenvalue weighted by molar-refractivity contribution is -0.0312. The summed E-state index contributed by atoms with van der Waals surface area (Å²) in [6, 6.07) is 19.2. The zero-order valence-corrected chi connectivity index (χ0v) is 28.1. The zero-order valence-electron chi connectivity index (χ0n) is 26.5. The molecule has 2 aliphatic heterocycles. The fourth-order valence-corrected chi connectivity index (χ4v) is 9.50. The van der Waals surface area contributed by atoms with Crippen LogP contribution in [-0.4, -0.2) is 89.2 Å². The first kappa shape index (κ1) is 33.8. The van der Waals surface area contributed by atoms with Gasteiger partial charge in [-0.1, -0.05) is 30.3 Å². The Hall–Kier alpha value is -3.04. The van der Waals surface area contributed by atoms with Gasteiger partial charge in [-0.15, -0.1) is 0 Å². The lowest BCUT2D eigenvalue weighted by Gasteiger charge is -2.38. The Kier molecular flexibility index (Phi) is 9.96. The first-order valence-electron chi connectivity index (χ1n) is 16.0. The normalized spacial score (nSPS) is 20.7.